The molecule has 0 spiro atoms. The fourth-order valence-electron chi connectivity index (χ4n) is 3.70. The molecule has 0 aromatic heterocycles. The second kappa shape index (κ2) is 8.65. The van der Waals surface area contributed by atoms with Crippen molar-refractivity contribution < 1.29 is 0 Å². The zero-order valence-corrected chi connectivity index (χ0v) is 15.8. The number of rotatable bonds is 5. The van der Waals surface area contributed by atoms with E-state index >= 15 is 0 Å². The van der Waals surface area contributed by atoms with Gasteiger partial charge < -0.3 is 15.5 Å². The molecule has 4 heteroatoms. The minimum atomic E-state index is 0.718. The minimum absolute atomic E-state index is 0.718. The molecule has 1 fully saturated rings. The van der Waals surface area contributed by atoms with Gasteiger partial charge in [0.05, 0.1) is 0 Å². The molecule has 0 saturated carbocycles. The highest BCUT2D eigenvalue weighted by Crippen LogP contribution is 2.20. The fourth-order valence-corrected chi connectivity index (χ4v) is 3.92. The number of likely N-dealkylation sites (tertiary alicyclic amines) is 1. The van der Waals surface area contributed by atoms with Crippen molar-refractivity contribution in [2.24, 2.45) is 11.8 Å². The van der Waals surface area contributed by atoms with E-state index in [9.17, 15) is 0 Å². The predicted molar refractivity (Wildman–Crippen MR) is 104 cm³/mol. The number of anilines is 1. The van der Waals surface area contributed by atoms with Gasteiger partial charge in [-0.25, -0.2) is 0 Å². The highest BCUT2D eigenvalue weighted by Gasteiger charge is 2.20. The first-order valence-electron chi connectivity index (χ1n) is 8.78. The lowest BCUT2D eigenvalue weighted by molar-refractivity contribution is 0.140. The van der Waals surface area contributed by atoms with Gasteiger partial charge in [0.15, 0.2) is 5.11 Å². The summed E-state index contributed by atoms with van der Waals surface area (Å²) >= 11 is 5.39. The Balaban J connectivity index is 1.66. The molecule has 2 atom stereocenters. The second-order valence-corrected chi connectivity index (χ2v) is 7.72. The van der Waals surface area contributed by atoms with Gasteiger partial charge >= 0.3 is 0 Å². The maximum Gasteiger partial charge on any atom is 0.170 e. The Morgan fingerprint density at radius 2 is 1.74 bits per heavy atom. The normalized spacial score (nSPS) is 21.9. The minimum Gasteiger partial charge on any atom is -0.362 e. The van der Waals surface area contributed by atoms with Gasteiger partial charge in [-0.15, -0.1) is 0 Å². The molecule has 0 radical (unpaired) electrons. The number of aryl methyl sites for hydroxylation is 2. The van der Waals surface area contributed by atoms with Crippen molar-refractivity contribution >= 4 is 23.0 Å². The molecular formula is C19H31N3S. The smallest absolute Gasteiger partial charge is 0.170 e. The number of nitrogens with one attached hydrogen (secondary N) is 2. The van der Waals surface area contributed by atoms with Crippen molar-refractivity contribution in [2.75, 3.05) is 31.5 Å². The quantitative estimate of drug-likeness (QED) is 0.630. The Hall–Kier alpha value is -1.13. The van der Waals surface area contributed by atoms with Gasteiger partial charge in [0.1, 0.15) is 0 Å². The van der Waals surface area contributed by atoms with Gasteiger partial charge in [0.2, 0.25) is 0 Å². The van der Waals surface area contributed by atoms with Crippen LogP contribution in [0.15, 0.2) is 18.2 Å². The lowest BCUT2D eigenvalue weighted by Crippen LogP contribution is -2.40. The standard InChI is InChI=1S/C19H31N3S/c1-14-8-15(2)11-18(10-14)21-19(23)20-6-5-7-22-12-16(3)9-17(4)13-22/h8,10-11,16-17H,5-7,9,12-13H2,1-4H3,(H2,20,21,23)/t16-,17-/m1/s1. The summed E-state index contributed by atoms with van der Waals surface area (Å²) in [5, 5.41) is 7.33. The van der Waals surface area contributed by atoms with Gasteiger partial charge in [0, 0.05) is 25.3 Å². The van der Waals surface area contributed by atoms with Crippen molar-refractivity contribution in [1.82, 2.24) is 10.2 Å². The highest BCUT2D eigenvalue weighted by atomic mass is 32.1. The van der Waals surface area contributed by atoms with Gasteiger partial charge in [-0.2, -0.15) is 0 Å². The van der Waals surface area contributed by atoms with Crippen LogP contribution in [-0.4, -0.2) is 36.2 Å². The van der Waals surface area contributed by atoms with Crippen LogP contribution in [0.3, 0.4) is 0 Å². The molecule has 0 aliphatic carbocycles. The molecule has 128 valence electrons. The molecule has 23 heavy (non-hydrogen) atoms. The number of piperidine rings is 1. The average Bonchev–Trinajstić information content (AvgIpc) is 2.41. The third kappa shape index (κ3) is 6.48. The molecule has 0 amide bonds. The number of nitrogens with zero attached hydrogens (tertiary/aromatic N) is 1. The van der Waals surface area contributed by atoms with Crippen LogP contribution in [0.1, 0.15) is 37.8 Å². The summed E-state index contributed by atoms with van der Waals surface area (Å²) in [6, 6.07) is 6.41. The Morgan fingerprint density at radius 1 is 1.13 bits per heavy atom. The monoisotopic (exact) mass is 333 g/mol. The fraction of sp³-hybridized carbons (Fsp3) is 0.632. The highest BCUT2D eigenvalue weighted by molar-refractivity contribution is 7.80. The van der Waals surface area contributed by atoms with Crippen LogP contribution in [0, 0.1) is 25.7 Å². The number of thiocarbonyl (C=S) groups is 1. The summed E-state index contributed by atoms with van der Waals surface area (Å²) in [4.78, 5) is 2.60. The summed E-state index contributed by atoms with van der Waals surface area (Å²) in [6.45, 7) is 13.5. The van der Waals surface area contributed by atoms with Crippen molar-refractivity contribution in [2.45, 2.75) is 40.5 Å². The third-order valence-corrected chi connectivity index (χ3v) is 4.61. The van der Waals surface area contributed by atoms with Crippen molar-refractivity contribution in [1.29, 1.82) is 0 Å². The molecule has 1 aliphatic rings. The van der Waals surface area contributed by atoms with Crippen LogP contribution in [0.2, 0.25) is 0 Å². The van der Waals surface area contributed by atoms with E-state index in [4.69, 9.17) is 12.2 Å². The lowest BCUT2D eigenvalue weighted by Gasteiger charge is -2.35. The van der Waals surface area contributed by atoms with E-state index < -0.39 is 0 Å². The second-order valence-electron chi connectivity index (χ2n) is 7.32. The summed E-state index contributed by atoms with van der Waals surface area (Å²) in [5.74, 6) is 1.66. The molecule has 3 nitrogen and oxygen atoms in total. The summed E-state index contributed by atoms with van der Waals surface area (Å²) in [7, 11) is 0. The molecule has 0 bridgehead atoms. The molecule has 1 heterocycles. The number of hydrogen-bond donors (Lipinski definition) is 2. The Bertz CT molecular complexity index is 499. The van der Waals surface area contributed by atoms with Crippen molar-refractivity contribution in [3.05, 3.63) is 29.3 Å². The Morgan fingerprint density at radius 3 is 2.35 bits per heavy atom. The Kier molecular flexibility index (Phi) is 6.85. The maximum absolute atomic E-state index is 5.39. The third-order valence-electron chi connectivity index (χ3n) is 4.36. The van der Waals surface area contributed by atoms with E-state index in [2.05, 4.69) is 61.4 Å². The van der Waals surface area contributed by atoms with E-state index in [1.165, 1.54) is 30.6 Å². The molecule has 2 rings (SSSR count). The molecule has 1 saturated heterocycles. The van der Waals surface area contributed by atoms with E-state index in [1.54, 1.807) is 0 Å². The van der Waals surface area contributed by atoms with E-state index in [1.807, 2.05) is 0 Å². The van der Waals surface area contributed by atoms with Crippen molar-refractivity contribution in [3.63, 3.8) is 0 Å². The predicted octanol–water partition coefficient (Wildman–Crippen LogP) is 3.96. The molecule has 1 aromatic rings. The molecule has 0 unspecified atom stereocenters. The van der Waals surface area contributed by atoms with Gasteiger partial charge in [-0.1, -0.05) is 19.9 Å². The first-order chi connectivity index (χ1) is 10.9. The van der Waals surface area contributed by atoms with E-state index in [-0.39, 0.29) is 0 Å². The van der Waals surface area contributed by atoms with Crippen LogP contribution in [0.25, 0.3) is 0 Å². The van der Waals surface area contributed by atoms with Crippen LogP contribution in [0.5, 0.6) is 0 Å². The Labute approximate surface area is 146 Å². The van der Waals surface area contributed by atoms with Crippen LogP contribution in [-0.2, 0) is 0 Å². The summed E-state index contributed by atoms with van der Waals surface area (Å²) in [5.41, 5.74) is 3.57. The number of hydrogen-bond acceptors (Lipinski definition) is 2. The SMILES string of the molecule is Cc1cc(C)cc(NC(=S)NCCCN2C[C@H](C)C[C@@H](C)C2)c1. The van der Waals surface area contributed by atoms with Gasteiger partial charge in [0.25, 0.3) is 0 Å². The zero-order chi connectivity index (χ0) is 16.8. The van der Waals surface area contributed by atoms with Crippen LogP contribution in [0.4, 0.5) is 5.69 Å². The zero-order valence-electron chi connectivity index (χ0n) is 15.0. The lowest BCUT2D eigenvalue weighted by atomic mass is 9.92. The van der Waals surface area contributed by atoms with Gasteiger partial charge in [-0.05, 0) is 80.5 Å². The average molecular weight is 334 g/mol. The summed E-state index contributed by atoms with van der Waals surface area (Å²) in [6.07, 6.45) is 2.51. The van der Waals surface area contributed by atoms with E-state index in [0.29, 0.717) is 0 Å². The summed E-state index contributed by atoms with van der Waals surface area (Å²) < 4.78 is 0. The molecular weight excluding hydrogens is 302 g/mol. The van der Waals surface area contributed by atoms with Crippen LogP contribution >= 0.6 is 12.2 Å². The molecule has 1 aromatic carbocycles. The first-order valence-corrected chi connectivity index (χ1v) is 9.18. The van der Waals surface area contributed by atoms with Crippen molar-refractivity contribution in [3.8, 4) is 0 Å². The maximum atomic E-state index is 5.39. The topological polar surface area (TPSA) is 27.3 Å². The van der Waals surface area contributed by atoms with Crippen LogP contribution < -0.4 is 10.6 Å². The number of benzene rings is 1. The molecule has 1 aliphatic heterocycles. The first kappa shape index (κ1) is 18.2. The largest absolute Gasteiger partial charge is 0.362 e. The van der Waals surface area contributed by atoms with Gasteiger partial charge in [-0.3, -0.25) is 0 Å². The van der Waals surface area contributed by atoms with E-state index in [0.717, 1.165) is 42.1 Å². The molecule has 2 N–H and O–H groups in total.